The molecule has 1 rings (SSSR count). The smallest absolute Gasteiger partial charge is 0.0687 e. The van der Waals surface area contributed by atoms with E-state index in [4.69, 9.17) is 11.6 Å². The van der Waals surface area contributed by atoms with Crippen LogP contribution >= 0.6 is 11.6 Å². The first kappa shape index (κ1) is 14.3. The van der Waals surface area contributed by atoms with Gasteiger partial charge in [0.05, 0.1) is 12.2 Å². The molecule has 0 fully saturated rings. The molecule has 0 aromatic heterocycles. The van der Waals surface area contributed by atoms with Crippen LogP contribution in [0.15, 0.2) is 18.2 Å². The van der Waals surface area contributed by atoms with Crippen molar-refractivity contribution < 1.29 is 10.2 Å². The van der Waals surface area contributed by atoms with Crippen LogP contribution in [0.2, 0.25) is 5.02 Å². The van der Waals surface area contributed by atoms with Gasteiger partial charge in [-0.05, 0) is 38.5 Å². The molecule has 0 spiro atoms. The maximum atomic E-state index is 9.50. The van der Waals surface area contributed by atoms with Gasteiger partial charge in [-0.3, -0.25) is 0 Å². The fourth-order valence-electron chi connectivity index (χ4n) is 1.85. The van der Waals surface area contributed by atoms with E-state index >= 15 is 0 Å². The third kappa shape index (κ3) is 4.19. The van der Waals surface area contributed by atoms with Crippen LogP contribution in [0.4, 0.5) is 5.69 Å². The molecule has 0 bridgehead atoms. The number of hydrogen-bond acceptors (Lipinski definition) is 3. The van der Waals surface area contributed by atoms with Gasteiger partial charge < -0.3 is 15.1 Å². The van der Waals surface area contributed by atoms with Crippen LogP contribution in [0.3, 0.4) is 0 Å². The molecule has 1 aromatic rings. The number of rotatable bonds is 5. The molecule has 3 nitrogen and oxygen atoms in total. The molecule has 2 unspecified atom stereocenters. The van der Waals surface area contributed by atoms with Crippen LogP contribution in [-0.2, 0) is 0 Å². The van der Waals surface area contributed by atoms with Gasteiger partial charge in [-0.25, -0.2) is 0 Å². The van der Waals surface area contributed by atoms with E-state index in [1.807, 2.05) is 30.0 Å². The minimum atomic E-state index is -0.452. The molecule has 17 heavy (non-hydrogen) atoms. The molecule has 0 aliphatic carbocycles. The Morgan fingerprint density at radius 2 is 1.71 bits per heavy atom. The van der Waals surface area contributed by atoms with Gasteiger partial charge >= 0.3 is 0 Å². The summed E-state index contributed by atoms with van der Waals surface area (Å²) in [6.45, 7) is 6.36. The highest BCUT2D eigenvalue weighted by Gasteiger charge is 2.14. The third-order valence-electron chi connectivity index (χ3n) is 2.55. The lowest BCUT2D eigenvalue weighted by molar-refractivity contribution is 0.178. The van der Waals surface area contributed by atoms with Gasteiger partial charge in [0, 0.05) is 23.8 Å². The summed E-state index contributed by atoms with van der Waals surface area (Å²) in [5, 5.41) is 19.7. The predicted molar refractivity (Wildman–Crippen MR) is 71.8 cm³/mol. The van der Waals surface area contributed by atoms with Crippen LogP contribution < -0.4 is 4.90 Å². The van der Waals surface area contributed by atoms with Gasteiger partial charge in [-0.15, -0.1) is 0 Å². The topological polar surface area (TPSA) is 43.7 Å². The van der Waals surface area contributed by atoms with Gasteiger partial charge in [0.25, 0.3) is 0 Å². The average molecular weight is 258 g/mol. The maximum Gasteiger partial charge on any atom is 0.0687 e. The van der Waals surface area contributed by atoms with Crippen molar-refractivity contribution in [2.45, 2.75) is 33.0 Å². The Labute approximate surface area is 108 Å². The molecule has 0 aliphatic rings. The Balaban J connectivity index is 2.99. The second kappa shape index (κ2) is 6.24. The van der Waals surface area contributed by atoms with Crippen molar-refractivity contribution in [3.63, 3.8) is 0 Å². The van der Waals surface area contributed by atoms with Crippen molar-refractivity contribution in [3.8, 4) is 0 Å². The van der Waals surface area contributed by atoms with E-state index in [1.165, 1.54) is 0 Å². The van der Waals surface area contributed by atoms with Crippen LogP contribution in [-0.4, -0.2) is 35.5 Å². The molecule has 1 aromatic carbocycles. The summed E-state index contributed by atoms with van der Waals surface area (Å²) in [6.07, 6.45) is -0.903. The summed E-state index contributed by atoms with van der Waals surface area (Å²) < 4.78 is 0. The molecule has 0 saturated heterocycles. The SMILES string of the molecule is Cc1c(Cl)cccc1N(CC(C)O)CC(C)O. The summed E-state index contributed by atoms with van der Waals surface area (Å²) in [5.41, 5.74) is 1.93. The number of aliphatic hydroxyl groups is 2. The minimum absolute atomic E-state index is 0.452. The number of hydrogen-bond donors (Lipinski definition) is 2. The Morgan fingerprint density at radius 3 is 2.18 bits per heavy atom. The zero-order chi connectivity index (χ0) is 13.0. The number of anilines is 1. The highest BCUT2D eigenvalue weighted by Crippen LogP contribution is 2.26. The molecule has 4 heteroatoms. The van der Waals surface area contributed by atoms with Crippen molar-refractivity contribution in [2.75, 3.05) is 18.0 Å². The summed E-state index contributed by atoms with van der Waals surface area (Å²) in [6, 6.07) is 5.66. The van der Waals surface area contributed by atoms with Crippen molar-refractivity contribution in [3.05, 3.63) is 28.8 Å². The van der Waals surface area contributed by atoms with Gasteiger partial charge in [-0.2, -0.15) is 0 Å². The minimum Gasteiger partial charge on any atom is -0.392 e. The van der Waals surface area contributed by atoms with Gasteiger partial charge in [0.2, 0.25) is 0 Å². The maximum absolute atomic E-state index is 9.50. The normalized spacial score (nSPS) is 14.5. The van der Waals surface area contributed by atoms with E-state index < -0.39 is 12.2 Å². The molecule has 2 atom stereocenters. The average Bonchev–Trinajstić information content (AvgIpc) is 2.19. The first-order valence-electron chi connectivity index (χ1n) is 5.78. The first-order valence-corrected chi connectivity index (χ1v) is 6.15. The molecule has 0 radical (unpaired) electrons. The summed E-state index contributed by atoms with van der Waals surface area (Å²) in [4.78, 5) is 1.95. The molecular formula is C13H20ClNO2. The lowest BCUT2D eigenvalue weighted by atomic mass is 10.1. The lowest BCUT2D eigenvalue weighted by Crippen LogP contribution is -2.36. The van der Waals surface area contributed by atoms with E-state index in [1.54, 1.807) is 13.8 Å². The molecule has 2 N–H and O–H groups in total. The highest BCUT2D eigenvalue weighted by atomic mass is 35.5. The van der Waals surface area contributed by atoms with E-state index in [0.717, 1.165) is 11.3 Å². The summed E-state index contributed by atoms with van der Waals surface area (Å²) in [7, 11) is 0. The Bertz CT molecular complexity index is 356. The van der Waals surface area contributed by atoms with Crippen LogP contribution in [0.1, 0.15) is 19.4 Å². The summed E-state index contributed by atoms with van der Waals surface area (Å²) >= 11 is 6.08. The van der Waals surface area contributed by atoms with E-state index in [9.17, 15) is 10.2 Å². The monoisotopic (exact) mass is 257 g/mol. The lowest BCUT2D eigenvalue weighted by Gasteiger charge is -2.29. The second-order valence-electron chi connectivity index (χ2n) is 4.49. The first-order chi connectivity index (χ1) is 7.91. The zero-order valence-corrected chi connectivity index (χ0v) is 11.3. The van der Waals surface area contributed by atoms with Crippen molar-refractivity contribution in [1.29, 1.82) is 0 Å². The second-order valence-corrected chi connectivity index (χ2v) is 4.89. The van der Waals surface area contributed by atoms with Crippen LogP contribution in [0, 0.1) is 6.92 Å². The third-order valence-corrected chi connectivity index (χ3v) is 2.96. The van der Waals surface area contributed by atoms with Crippen LogP contribution in [0.25, 0.3) is 0 Å². The fourth-order valence-corrected chi connectivity index (χ4v) is 2.02. The largest absolute Gasteiger partial charge is 0.392 e. The van der Waals surface area contributed by atoms with Crippen molar-refractivity contribution >= 4 is 17.3 Å². The number of benzene rings is 1. The van der Waals surface area contributed by atoms with Gasteiger partial charge in [-0.1, -0.05) is 17.7 Å². The molecule has 0 heterocycles. The van der Waals surface area contributed by atoms with Crippen molar-refractivity contribution in [1.82, 2.24) is 0 Å². The number of halogens is 1. The van der Waals surface area contributed by atoms with Gasteiger partial charge in [0.1, 0.15) is 0 Å². The van der Waals surface area contributed by atoms with E-state index in [2.05, 4.69) is 0 Å². The molecule has 0 amide bonds. The molecular weight excluding hydrogens is 238 g/mol. The fraction of sp³-hybridized carbons (Fsp3) is 0.538. The molecule has 96 valence electrons. The standard InChI is InChI=1S/C13H20ClNO2/c1-9(16)7-15(8-10(2)17)13-6-4-5-12(14)11(13)3/h4-6,9-10,16-17H,7-8H2,1-3H3. The summed E-state index contributed by atoms with van der Waals surface area (Å²) in [5.74, 6) is 0. The number of aliphatic hydroxyl groups excluding tert-OH is 2. The molecule has 0 saturated carbocycles. The highest BCUT2D eigenvalue weighted by molar-refractivity contribution is 6.31. The number of nitrogens with zero attached hydrogens (tertiary/aromatic N) is 1. The predicted octanol–water partition coefficient (Wildman–Crippen LogP) is 2.22. The van der Waals surface area contributed by atoms with E-state index in [0.29, 0.717) is 18.1 Å². The van der Waals surface area contributed by atoms with Gasteiger partial charge in [0.15, 0.2) is 0 Å². The Morgan fingerprint density at radius 1 is 1.18 bits per heavy atom. The Hall–Kier alpha value is -0.770. The van der Waals surface area contributed by atoms with Crippen LogP contribution in [0.5, 0.6) is 0 Å². The zero-order valence-electron chi connectivity index (χ0n) is 10.5. The molecule has 0 aliphatic heterocycles. The van der Waals surface area contributed by atoms with Crippen molar-refractivity contribution in [2.24, 2.45) is 0 Å². The van der Waals surface area contributed by atoms with E-state index in [-0.39, 0.29) is 0 Å². The quantitative estimate of drug-likeness (QED) is 0.850. The Kier molecular flexibility index (Phi) is 5.25.